The van der Waals surface area contributed by atoms with E-state index in [0.717, 1.165) is 29.1 Å². The molecule has 1 heterocycles. The fourth-order valence-corrected chi connectivity index (χ4v) is 3.01. The molecular weight excluding hydrogens is 270 g/mol. The van der Waals surface area contributed by atoms with Gasteiger partial charge in [-0.1, -0.05) is 48.0 Å². The summed E-state index contributed by atoms with van der Waals surface area (Å²) in [5, 5.41) is 0.778. The first kappa shape index (κ1) is 13.2. The second-order valence-corrected chi connectivity index (χ2v) is 5.49. The first-order valence-corrected chi connectivity index (χ1v) is 7.24. The molecule has 0 aliphatic carbocycles. The topological polar surface area (TPSA) is 20.3 Å². The standard InChI is InChI=1S/C17H16ClNO/c18-16-9-5-4-6-13(16)12-15-10-11-17(20)19(15)14-7-2-1-3-8-14/h1-9,15H,10-12H2. The van der Waals surface area contributed by atoms with E-state index in [0.29, 0.717) is 6.42 Å². The zero-order valence-electron chi connectivity index (χ0n) is 11.1. The minimum Gasteiger partial charge on any atom is -0.309 e. The van der Waals surface area contributed by atoms with Gasteiger partial charge in [0.15, 0.2) is 0 Å². The van der Waals surface area contributed by atoms with E-state index in [1.165, 1.54) is 0 Å². The monoisotopic (exact) mass is 285 g/mol. The van der Waals surface area contributed by atoms with Crippen LogP contribution in [0.2, 0.25) is 5.02 Å². The molecule has 0 radical (unpaired) electrons. The fraction of sp³-hybridized carbons (Fsp3) is 0.235. The Labute approximate surface area is 124 Å². The molecule has 1 unspecified atom stereocenters. The van der Waals surface area contributed by atoms with Gasteiger partial charge in [0.25, 0.3) is 0 Å². The Balaban J connectivity index is 1.86. The van der Waals surface area contributed by atoms with Crippen molar-refractivity contribution in [2.45, 2.75) is 25.3 Å². The molecule has 20 heavy (non-hydrogen) atoms. The van der Waals surface area contributed by atoms with Crippen LogP contribution in [0, 0.1) is 0 Å². The molecule has 1 aliphatic heterocycles. The van der Waals surface area contributed by atoms with Gasteiger partial charge in [0, 0.05) is 23.2 Å². The predicted octanol–water partition coefficient (Wildman–Crippen LogP) is 4.08. The first-order chi connectivity index (χ1) is 9.75. The Morgan fingerprint density at radius 2 is 1.75 bits per heavy atom. The van der Waals surface area contributed by atoms with Crippen LogP contribution in [-0.4, -0.2) is 11.9 Å². The number of carbonyl (C=O) groups excluding carboxylic acids is 1. The minimum absolute atomic E-state index is 0.199. The average Bonchev–Trinajstić information content (AvgIpc) is 2.83. The van der Waals surface area contributed by atoms with Crippen LogP contribution in [0.4, 0.5) is 5.69 Å². The maximum Gasteiger partial charge on any atom is 0.227 e. The second kappa shape index (κ2) is 5.68. The molecule has 2 aromatic carbocycles. The van der Waals surface area contributed by atoms with Gasteiger partial charge >= 0.3 is 0 Å². The van der Waals surface area contributed by atoms with E-state index in [1.807, 2.05) is 59.5 Å². The summed E-state index contributed by atoms with van der Waals surface area (Å²) in [6, 6.07) is 17.9. The number of amides is 1. The largest absolute Gasteiger partial charge is 0.309 e. The summed E-state index contributed by atoms with van der Waals surface area (Å²) in [4.78, 5) is 14.1. The summed E-state index contributed by atoms with van der Waals surface area (Å²) in [7, 11) is 0. The molecule has 3 rings (SSSR count). The molecule has 0 aromatic heterocycles. The average molecular weight is 286 g/mol. The maximum absolute atomic E-state index is 12.2. The minimum atomic E-state index is 0.199. The molecule has 1 saturated heterocycles. The summed E-state index contributed by atoms with van der Waals surface area (Å²) in [5.74, 6) is 0.202. The van der Waals surface area contributed by atoms with Crippen molar-refractivity contribution >= 4 is 23.2 Å². The summed E-state index contributed by atoms with van der Waals surface area (Å²) in [5.41, 5.74) is 2.09. The molecule has 1 amide bonds. The third-order valence-corrected chi connectivity index (χ3v) is 4.14. The van der Waals surface area contributed by atoms with Crippen molar-refractivity contribution in [1.82, 2.24) is 0 Å². The lowest BCUT2D eigenvalue weighted by Crippen LogP contribution is -2.34. The highest BCUT2D eigenvalue weighted by atomic mass is 35.5. The summed E-state index contributed by atoms with van der Waals surface area (Å²) >= 11 is 6.23. The number of anilines is 1. The predicted molar refractivity (Wildman–Crippen MR) is 82.1 cm³/mol. The molecule has 102 valence electrons. The van der Waals surface area contributed by atoms with Gasteiger partial charge in [-0.3, -0.25) is 4.79 Å². The lowest BCUT2D eigenvalue weighted by Gasteiger charge is -2.25. The van der Waals surface area contributed by atoms with E-state index >= 15 is 0 Å². The third kappa shape index (κ3) is 2.56. The van der Waals surface area contributed by atoms with Gasteiger partial charge in [-0.2, -0.15) is 0 Å². The van der Waals surface area contributed by atoms with E-state index in [1.54, 1.807) is 0 Å². The van der Waals surface area contributed by atoms with Gasteiger partial charge in [0.2, 0.25) is 5.91 Å². The Morgan fingerprint density at radius 3 is 2.50 bits per heavy atom. The molecule has 3 heteroatoms. The van der Waals surface area contributed by atoms with Crippen LogP contribution in [0.1, 0.15) is 18.4 Å². The van der Waals surface area contributed by atoms with Gasteiger partial charge in [-0.05, 0) is 36.6 Å². The highest BCUT2D eigenvalue weighted by Crippen LogP contribution is 2.30. The smallest absolute Gasteiger partial charge is 0.227 e. The van der Waals surface area contributed by atoms with E-state index in [2.05, 4.69) is 0 Å². The van der Waals surface area contributed by atoms with Gasteiger partial charge in [-0.25, -0.2) is 0 Å². The van der Waals surface area contributed by atoms with Crippen LogP contribution in [0.3, 0.4) is 0 Å². The molecule has 0 saturated carbocycles. The number of hydrogen-bond acceptors (Lipinski definition) is 1. The SMILES string of the molecule is O=C1CCC(Cc2ccccc2Cl)N1c1ccccc1. The lowest BCUT2D eigenvalue weighted by atomic mass is 10.0. The van der Waals surface area contributed by atoms with E-state index in [9.17, 15) is 4.79 Å². The molecule has 0 spiro atoms. The zero-order chi connectivity index (χ0) is 13.9. The van der Waals surface area contributed by atoms with Crippen molar-refractivity contribution in [3.8, 4) is 0 Å². The maximum atomic E-state index is 12.2. The normalized spacial score (nSPS) is 18.6. The molecule has 1 aliphatic rings. The number of carbonyl (C=O) groups is 1. The Morgan fingerprint density at radius 1 is 1.05 bits per heavy atom. The molecule has 2 nitrogen and oxygen atoms in total. The lowest BCUT2D eigenvalue weighted by molar-refractivity contribution is -0.117. The molecule has 0 N–H and O–H groups in total. The number of nitrogens with zero attached hydrogens (tertiary/aromatic N) is 1. The molecule has 1 atom stereocenters. The quantitative estimate of drug-likeness (QED) is 0.832. The Kier molecular flexibility index (Phi) is 3.75. The van der Waals surface area contributed by atoms with Crippen molar-refractivity contribution < 1.29 is 4.79 Å². The summed E-state index contributed by atoms with van der Waals surface area (Å²) in [6.45, 7) is 0. The van der Waals surface area contributed by atoms with Crippen LogP contribution in [0.5, 0.6) is 0 Å². The van der Waals surface area contributed by atoms with Crippen molar-refractivity contribution in [1.29, 1.82) is 0 Å². The first-order valence-electron chi connectivity index (χ1n) is 6.86. The van der Waals surface area contributed by atoms with Crippen LogP contribution < -0.4 is 4.90 Å². The number of para-hydroxylation sites is 1. The van der Waals surface area contributed by atoms with Gasteiger partial charge in [0.1, 0.15) is 0 Å². The van der Waals surface area contributed by atoms with E-state index < -0.39 is 0 Å². The summed E-state index contributed by atoms with van der Waals surface area (Å²) in [6.07, 6.45) is 2.31. The highest BCUT2D eigenvalue weighted by Gasteiger charge is 2.32. The molecule has 1 fully saturated rings. The Bertz CT molecular complexity index is 611. The van der Waals surface area contributed by atoms with Crippen molar-refractivity contribution in [3.63, 3.8) is 0 Å². The number of rotatable bonds is 3. The summed E-state index contributed by atoms with van der Waals surface area (Å²) < 4.78 is 0. The van der Waals surface area contributed by atoms with Gasteiger partial charge in [-0.15, -0.1) is 0 Å². The van der Waals surface area contributed by atoms with Crippen LogP contribution in [0.15, 0.2) is 54.6 Å². The molecular formula is C17H16ClNO. The third-order valence-electron chi connectivity index (χ3n) is 3.77. The molecule has 2 aromatic rings. The van der Waals surface area contributed by atoms with E-state index in [4.69, 9.17) is 11.6 Å². The van der Waals surface area contributed by atoms with Crippen LogP contribution in [-0.2, 0) is 11.2 Å². The van der Waals surface area contributed by atoms with Crippen molar-refractivity contribution in [2.24, 2.45) is 0 Å². The van der Waals surface area contributed by atoms with E-state index in [-0.39, 0.29) is 11.9 Å². The Hall–Kier alpha value is -1.80. The van der Waals surface area contributed by atoms with Gasteiger partial charge < -0.3 is 4.90 Å². The number of benzene rings is 2. The molecule has 0 bridgehead atoms. The highest BCUT2D eigenvalue weighted by molar-refractivity contribution is 6.31. The van der Waals surface area contributed by atoms with Crippen LogP contribution >= 0.6 is 11.6 Å². The zero-order valence-corrected chi connectivity index (χ0v) is 11.9. The van der Waals surface area contributed by atoms with Crippen molar-refractivity contribution in [3.05, 3.63) is 65.2 Å². The second-order valence-electron chi connectivity index (χ2n) is 5.09. The van der Waals surface area contributed by atoms with Crippen LogP contribution in [0.25, 0.3) is 0 Å². The number of halogens is 1. The van der Waals surface area contributed by atoms with Crippen molar-refractivity contribution in [2.75, 3.05) is 4.90 Å². The van der Waals surface area contributed by atoms with Gasteiger partial charge in [0.05, 0.1) is 0 Å². The number of hydrogen-bond donors (Lipinski definition) is 0. The fourth-order valence-electron chi connectivity index (χ4n) is 2.80.